The molecule has 7 nitrogen and oxygen atoms in total. The third kappa shape index (κ3) is 2.13. The zero-order valence-corrected chi connectivity index (χ0v) is 11.4. The molecular formula is C13H15N3O4. The molecule has 0 bridgehead atoms. The standard InChI is InChI=1S/C13H15N3O4/c1-16-12(14)9(6-15-16)8-4-7(13(18)20-3)5-10(19-2)11(8)17/h4-6,17H,14H2,1-3H3. The lowest BCUT2D eigenvalue weighted by Gasteiger charge is -2.11. The van der Waals surface area contributed by atoms with Crippen LogP contribution in [0.4, 0.5) is 5.82 Å². The van der Waals surface area contributed by atoms with E-state index in [0.29, 0.717) is 16.9 Å². The van der Waals surface area contributed by atoms with Gasteiger partial charge in [0.25, 0.3) is 0 Å². The molecule has 2 aromatic rings. The van der Waals surface area contributed by atoms with Crippen LogP contribution in [0.1, 0.15) is 10.4 Å². The fraction of sp³-hybridized carbons (Fsp3) is 0.231. The molecule has 7 heteroatoms. The minimum atomic E-state index is -0.535. The van der Waals surface area contributed by atoms with E-state index in [0.717, 1.165) is 0 Å². The van der Waals surface area contributed by atoms with Gasteiger partial charge in [-0.25, -0.2) is 4.79 Å². The first-order valence-electron chi connectivity index (χ1n) is 5.76. The summed E-state index contributed by atoms with van der Waals surface area (Å²) in [6.45, 7) is 0. The van der Waals surface area contributed by atoms with Crippen LogP contribution in [0.25, 0.3) is 11.1 Å². The smallest absolute Gasteiger partial charge is 0.338 e. The molecule has 0 saturated carbocycles. The number of aromatic hydroxyl groups is 1. The zero-order valence-electron chi connectivity index (χ0n) is 11.4. The number of nitrogens with zero attached hydrogens (tertiary/aromatic N) is 2. The van der Waals surface area contributed by atoms with Crippen LogP contribution in [0.5, 0.6) is 11.5 Å². The third-order valence-electron chi connectivity index (χ3n) is 2.99. The maximum atomic E-state index is 11.7. The van der Waals surface area contributed by atoms with Crippen molar-refractivity contribution in [3.63, 3.8) is 0 Å². The van der Waals surface area contributed by atoms with Crippen molar-refractivity contribution < 1.29 is 19.4 Å². The van der Waals surface area contributed by atoms with E-state index in [9.17, 15) is 9.90 Å². The number of phenolic OH excluding ortho intramolecular Hbond substituents is 1. The number of nitrogen functional groups attached to an aromatic ring is 1. The fourth-order valence-corrected chi connectivity index (χ4v) is 1.86. The highest BCUT2D eigenvalue weighted by atomic mass is 16.5. The Kier molecular flexibility index (Phi) is 3.51. The van der Waals surface area contributed by atoms with Crippen molar-refractivity contribution in [2.75, 3.05) is 20.0 Å². The topological polar surface area (TPSA) is 99.6 Å². The van der Waals surface area contributed by atoms with Gasteiger partial charge in [0, 0.05) is 18.2 Å². The van der Waals surface area contributed by atoms with Crippen LogP contribution in [0.2, 0.25) is 0 Å². The van der Waals surface area contributed by atoms with Gasteiger partial charge in [-0.05, 0) is 12.1 Å². The number of aryl methyl sites for hydroxylation is 1. The maximum Gasteiger partial charge on any atom is 0.338 e. The second-order valence-corrected chi connectivity index (χ2v) is 4.13. The number of ether oxygens (including phenoxy) is 2. The highest BCUT2D eigenvalue weighted by Crippen LogP contribution is 2.40. The van der Waals surface area contributed by atoms with E-state index in [-0.39, 0.29) is 17.1 Å². The summed E-state index contributed by atoms with van der Waals surface area (Å²) in [5.74, 6) is -0.123. The molecule has 0 unspecified atom stereocenters. The van der Waals surface area contributed by atoms with Crippen molar-refractivity contribution >= 4 is 11.8 Å². The van der Waals surface area contributed by atoms with Gasteiger partial charge in [0.1, 0.15) is 5.82 Å². The molecule has 0 saturated heterocycles. The molecule has 0 atom stereocenters. The van der Waals surface area contributed by atoms with Crippen LogP contribution < -0.4 is 10.5 Å². The van der Waals surface area contributed by atoms with E-state index in [1.165, 1.54) is 37.2 Å². The molecule has 0 amide bonds. The van der Waals surface area contributed by atoms with E-state index in [2.05, 4.69) is 9.84 Å². The number of benzene rings is 1. The molecule has 2 rings (SSSR count). The lowest BCUT2D eigenvalue weighted by Crippen LogP contribution is -2.03. The van der Waals surface area contributed by atoms with Crippen molar-refractivity contribution in [2.24, 2.45) is 7.05 Å². The number of carbonyl (C=O) groups excluding carboxylic acids is 1. The number of anilines is 1. The van der Waals surface area contributed by atoms with Crippen molar-refractivity contribution in [3.8, 4) is 22.6 Å². The first-order valence-corrected chi connectivity index (χ1v) is 5.76. The van der Waals surface area contributed by atoms with Crippen LogP contribution in [0.3, 0.4) is 0 Å². The minimum Gasteiger partial charge on any atom is -0.504 e. The van der Waals surface area contributed by atoms with Crippen LogP contribution >= 0.6 is 0 Å². The van der Waals surface area contributed by atoms with Crippen LogP contribution in [-0.4, -0.2) is 35.1 Å². The Labute approximate surface area is 115 Å². The molecule has 0 spiro atoms. The van der Waals surface area contributed by atoms with E-state index in [1.807, 2.05) is 0 Å². The Balaban J connectivity index is 2.68. The first kappa shape index (κ1) is 13.7. The summed E-state index contributed by atoms with van der Waals surface area (Å²) in [4.78, 5) is 11.7. The molecule has 0 radical (unpaired) electrons. The van der Waals surface area contributed by atoms with Crippen molar-refractivity contribution in [1.82, 2.24) is 9.78 Å². The number of carbonyl (C=O) groups is 1. The Bertz CT molecular complexity index is 664. The molecule has 106 valence electrons. The fourth-order valence-electron chi connectivity index (χ4n) is 1.86. The average molecular weight is 277 g/mol. The number of rotatable bonds is 3. The summed E-state index contributed by atoms with van der Waals surface area (Å²) in [6, 6.07) is 2.88. The van der Waals surface area contributed by atoms with Crippen molar-refractivity contribution in [2.45, 2.75) is 0 Å². The van der Waals surface area contributed by atoms with E-state index in [4.69, 9.17) is 10.5 Å². The second kappa shape index (κ2) is 5.12. The third-order valence-corrected chi connectivity index (χ3v) is 2.99. The molecule has 1 aromatic heterocycles. The first-order chi connectivity index (χ1) is 9.49. The summed E-state index contributed by atoms with van der Waals surface area (Å²) in [7, 11) is 4.35. The minimum absolute atomic E-state index is 0.111. The molecule has 1 aromatic carbocycles. The number of methoxy groups -OCH3 is 2. The summed E-state index contributed by atoms with van der Waals surface area (Å²) in [5.41, 5.74) is 7.00. The van der Waals surface area contributed by atoms with Crippen molar-refractivity contribution in [1.29, 1.82) is 0 Å². The van der Waals surface area contributed by atoms with Gasteiger partial charge in [0.05, 0.1) is 26.0 Å². The SMILES string of the molecule is COC(=O)c1cc(OC)c(O)c(-c2cnn(C)c2N)c1. The summed E-state index contributed by atoms with van der Waals surface area (Å²) < 4.78 is 11.2. The number of hydrogen-bond donors (Lipinski definition) is 2. The number of esters is 1. The molecule has 3 N–H and O–H groups in total. The number of aromatic nitrogens is 2. The molecule has 20 heavy (non-hydrogen) atoms. The molecule has 1 heterocycles. The monoisotopic (exact) mass is 277 g/mol. The normalized spacial score (nSPS) is 10.3. The van der Waals surface area contributed by atoms with Gasteiger partial charge < -0.3 is 20.3 Å². The van der Waals surface area contributed by atoms with Crippen LogP contribution in [-0.2, 0) is 11.8 Å². The van der Waals surface area contributed by atoms with Crippen LogP contribution in [0.15, 0.2) is 18.3 Å². The molecule has 0 aliphatic carbocycles. The largest absolute Gasteiger partial charge is 0.504 e. The summed E-state index contributed by atoms with van der Waals surface area (Å²) in [5, 5.41) is 14.2. The Morgan fingerprint density at radius 2 is 2.05 bits per heavy atom. The van der Waals surface area contributed by atoms with Gasteiger partial charge >= 0.3 is 5.97 Å². The Hall–Kier alpha value is -2.70. The van der Waals surface area contributed by atoms with Gasteiger partial charge in [-0.3, -0.25) is 4.68 Å². The van der Waals surface area contributed by atoms with E-state index in [1.54, 1.807) is 7.05 Å². The highest BCUT2D eigenvalue weighted by molar-refractivity contribution is 5.94. The van der Waals surface area contributed by atoms with Gasteiger partial charge in [0.2, 0.25) is 0 Å². The van der Waals surface area contributed by atoms with E-state index < -0.39 is 5.97 Å². The number of phenols is 1. The molecule has 0 aliphatic heterocycles. The van der Waals surface area contributed by atoms with Gasteiger partial charge in [-0.15, -0.1) is 0 Å². The van der Waals surface area contributed by atoms with E-state index >= 15 is 0 Å². The molecule has 0 aliphatic rings. The average Bonchev–Trinajstić information content (AvgIpc) is 2.78. The van der Waals surface area contributed by atoms with Gasteiger partial charge in [0.15, 0.2) is 11.5 Å². The quantitative estimate of drug-likeness (QED) is 0.817. The zero-order chi connectivity index (χ0) is 14.9. The Morgan fingerprint density at radius 3 is 2.55 bits per heavy atom. The predicted octanol–water partition coefficient (Wildman–Crippen LogP) is 1.17. The van der Waals surface area contributed by atoms with Crippen molar-refractivity contribution in [3.05, 3.63) is 23.9 Å². The van der Waals surface area contributed by atoms with Crippen LogP contribution in [0, 0.1) is 0 Å². The van der Waals surface area contributed by atoms with Gasteiger partial charge in [-0.2, -0.15) is 5.10 Å². The number of nitrogens with two attached hydrogens (primary N) is 1. The predicted molar refractivity (Wildman–Crippen MR) is 72.6 cm³/mol. The second-order valence-electron chi connectivity index (χ2n) is 4.13. The lowest BCUT2D eigenvalue weighted by molar-refractivity contribution is 0.0600. The summed E-state index contributed by atoms with van der Waals surface area (Å²) >= 11 is 0. The Morgan fingerprint density at radius 1 is 1.35 bits per heavy atom. The number of hydrogen-bond acceptors (Lipinski definition) is 6. The maximum absolute atomic E-state index is 11.7. The molecule has 0 fully saturated rings. The highest BCUT2D eigenvalue weighted by Gasteiger charge is 2.19. The lowest BCUT2D eigenvalue weighted by atomic mass is 10.0. The van der Waals surface area contributed by atoms with Gasteiger partial charge in [-0.1, -0.05) is 0 Å². The molecular weight excluding hydrogens is 262 g/mol. The summed E-state index contributed by atoms with van der Waals surface area (Å²) in [6.07, 6.45) is 1.50.